The summed E-state index contributed by atoms with van der Waals surface area (Å²) in [5.41, 5.74) is 8.13. The van der Waals surface area contributed by atoms with Crippen LogP contribution in [-0.2, 0) is 5.75 Å². The number of hydrogen-bond acceptors (Lipinski definition) is 7. The van der Waals surface area contributed by atoms with Crippen LogP contribution in [0.2, 0.25) is 0 Å². The number of thioether (sulfide) groups is 1. The Balaban J connectivity index is 1.84. The Morgan fingerprint density at radius 3 is 2.72 bits per heavy atom. The van der Waals surface area contributed by atoms with E-state index in [1.54, 1.807) is 24.4 Å². The van der Waals surface area contributed by atoms with E-state index in [1.165, 1.54) is 31.0 Å². The fourth-order valence-corrected chi connectivity index (χ4v) is 3.82. The zero-order valence-electron chi connectivity index (χ0n) is 16.2. The number of nitrogens with two attached hydrogens (primary N) is 1. The monoisotopic (exact) mass is 412 g/mol. The second-order valence-electron chi connectivity index (χ2n) is 6.18. The van der Waals surface area contributed by atoms with Gasteiger partial charge in [0.15, 0.2) is 0 Å². The minimum absolute atomic E-state index is 0.264. The Morgan fingerprint density at radius 1 is 1.28 bits per heavy atom. The van der Waals surface area contributed by atoms with Crippen LogP contribution in [0.4, 0.5) is 5.69 Å². The van der Waals surface area contributed by atoms with E-state index in [0.29, 0.717) is 27.8 Å². The lowest BCUT2D eigenvalue weighted by molar-refractivity contribution is 0.0995. The van der Waals surface area contributed by atoms with Gasteiger partial charge in [-0.1, -0.05) is 5.16 Å². The average Bonchev–Trinajstić information content (AvgIpc) is 3.04. The van der Waals surface area contributed by atoms with Gasteiger partial charge in [-0.2, -0.15) is 0 Å². The van der Waals surface area contributed by atoms with Gasteiger partial charge in [0.1, 0.15) is 16.5 Å². The van der Waals surface area contributed by atoms with Gasteiger partial charge in [0, 0.05) is 23.1 Å². The molecule has 0 aliphatic carbocycles. The highest BCUT2D eigenvalue weighted by Gasteiger charge is 2.17. The predicted octanol–water partition coefficient (Wildman–Crippen LogP) is 3.34. The summed E-state index contributed by atoms with van der Waals surface area (Å²) in [7, 11) is 1.48. The van der Waals surface area contributed by atoms with E-state index in [1.807, 2.05) is 13.8 Å². The minimum atomic E-state index is -0.597. The highest BCUT2D eigenvalue weighted by atomic mass is 32.2. The first kappa shape index (κ1) is 20.4. The number of nitrogens with zero attached hydrogens (tertiary/aromatic N) is 2. The largest absolute Gasteiger partial charge is 0.495 e. The van der Waals surface area contributed by atoms with Gasteiger partial charge in [-0.25, -0.2) is 4.98 Å². The first-order valence-corrected chi connectivity index (χ1v) is 9.68. The SMILES string of the molecule is COc1ccc(C(N)=O)cc1NC(=O)c1cccnc1SCc1c(C)noc1C. The maximum absolute atomic E-state index is 12.9. The van der Waals surface area contributed by atoms with Crippen molar-refractivity contribution in [3.05, 3.63) is 64.7 Å². The van der Waals surface area contributed by atoms with Crippen molar-refractivity contribution < 1.29 is 18.8 Å². The molecule has 8 nitrogen and oxygen atoms in total. The molecule has 3 N–H and O–H groups in total. The molecule has 0 bridgehead atoms. The third kappa shape index (κ3) is 4.57. The fraction of sp³-hybridized carbons (Fsp3) is 0.200. The number of pyridine rings is 1. The second-order valence-corrected chi connectivity index (χ2v) is 7.15. The molecule has 0 atom stereocenters. The molecule has 0 radical (unpaired) electrons. The van der Waals surface area contributed by atoms with E-state index in [2.05, 4.69) is 15.5 Å². The number of carbonyl (C=O) groups excluding carboxylic acids is 2. The molecule has 2 amide bonds. The summed E-state index contributed by atoms with van der Waals surface area (Å²) in [4.78, 5) is 28.7. The maximum atomic E-state index is 12.9. The third-order valence-electron chi connectivity index (χ3n) is 4.28. The van der Waals surface area contributed by atoms with Crippen molar-refractivity contribution >= 4 is 29.3 Å². The summed E-state index contributed by atoms with van der Waals surface area (Å²) in [6.45, 7) is 3.72. The molecule has 0 unspecified atom stereocenters. The van der Waals surface area contributed by atoms with Crippen LogP contribution in [-0.4, -0.2) is 29.1 Å². The number of hydrogen-bond donors (Lipinski definition) is 2. The van der Waals surface area contributed by atoms with Gasteiger partial charge < -0.3 is 20.3 Å². The van der Waals surface area contributed by atoms with E-state index in [4.69, 9.17) is 15.0 Å². The van der Waals surface area contributed by atoms with E-state index in [9.17, 15) is 9.59 Å². The van der Waals surface area contributed by atoms with Gasteiger partial charge >= 0.3 is 0 Å². The molecular weight excluding hydrogens is 392 g/mol. The molecule has 0 spiro atoms. The number of primary amides is 1. The van der Waals surface area contributed by atoms with Gasteiger partial charge in [-0.3, -0.25) is 9.59 Å². The molecule has 0 fully saturated rings. The highest BCUT2D eigenvalue weighted by Crippen LogP contribution is 2.29. The van der Waals surface area contributed by atoms with Crippen molar-refractivity contribution in [1.29, 1.82) is 0 Å². The standard InChI is InChI=1S/C20H20N4O4S/c1-11-15(12(2)28-24-11)10-29-20-14(5-4-8-22-20)19(26)23-16-9-13(18(21)25)6-7-17(16)27-3/h4-9H,10H2,1-3H3,(H2,21,25)(H,23,26). The number of aromatic nitrogens is 2. The lowest BCUT2D eigenvalue weighted by Crippen LogP contribution is -2.16. The molecule has 3 aromatic rings. The second kappa shape index (κ2) is 8.78. The van der Waals surface area contributed by atoms with Gasteiger partial charge in [-0.15, -0.1) is 11.8 Å². The lowest BCUT2D eigenvalue weighted by Gasteiger charge is -2.13. The number of anilines is 1. The zero-order valence-corrected chi connectivity index (χ0v) is 17.0. The van der Waals surface area contributed by atoms with Crippen LogP contribution in [0.5, 0.6) is 5.75 Å². The predicted molar refractivity (Wildman–Crippen MR) is 109 cm³/mol. The summed E-state index contributed by atoms with van der Waals surface area (Å²) < 4.78 is 10.4. The van der Waals surface area contributed by atoms with Crippen LogP contribution in [0.25, 0.3) is 0 Å². The molecule has 9 heteroatoms. The highest BCUT2D eigenvalue weighted by molar-refractivity contribution is 7.98. The Kier molecular flexibility index (Phi) is 6.18. The third-order valence-corrected chi connectivity index (χ3v) is 5.31. The van der Waals surface area contributed by atoms with Crippen LogP contribution in [0.1, 0.15) is 37.7 Å². The van der Waals surface area contributed by atoms with Crippen LogP contribution in [0, 0.1) is 13.8 Å². The first-order chi connectivity index (χ1) is 13.9. The number of rotatable bonds is 7. The number of carbonyl (C=O) groups is 2. The normalized spacial score (nSPS) is 10.6. The van der Waals surface area contributed by atoms with Crippen molar-refractivity contribution in [2.75, 3.05) is 12.4 Å². The number of nitrogens with one attached hydrogen (secondary N) is 1. The molecule has 29 heavy (non-hydrogen) atoms. The summed E-state index contributed by atoms with van der Waals surface area (Å²) in [5.74, 6) is 0.750. The van der Waals surface area contributed by atoms with E-state index in [0.717, 1.165) is 17.0 Å². The smallest absolute Gasteiger partial charge is 0.258 e. The Labute approximate surface area is 171 Å². The number of amides is 2. The molecule has 0 aliphatic heterocycles. The Morgan fingerprint density at radius 2 is 2.07 bits per heavy atom. The molecule has 150 valence electrons. The van der Waals surface area contributed by atoms with Gasteiger partial charge in [0.2, 0.25) is 5.91 Å². The van der Waals surface area contributed by atoms with Crippen molar-refractivity contribution in [1.82, 2.24) is 10.1 Å². The number of aryl methyl sites for hydroxylation is 2. The van der Waals surface area contributed by atoms with E-state index >= 15 is 0 Å². The number of methoxy groups -OCH3 is 1. The van der Waals surface area contributed by atoms with Crippen LogP contribution < -0.4 is 15.8 Å². The van der Waals surface area contributed by atoms with E-state index in [-0.39, 0.29) is 11.5 Å². The average molecular weight is 412 g/mol. The van der Waals surface area contributed by atoms with Gasteiger partial charge in [0.25, 0.3) is 5.91 Å². The Hall–Kier alpha value is -3.33. The molecule has 2 aromatic heterocycles. The topological polar surface area (TPSA) is 120 Å². The van der Waals surface area contributed by atoms with Crippen molar-refractivity contribution in [2.45, 2.75) is 24.6 Å². The zero-order chi connectivity index (χ0) is 21.0. The molecule has 1 aromatic carbocycles. The fourth-order valence-electron chi connectivity index (χ4n) is 2.68. The van der Waals surface area contributed by atoms with Crippen molar-refractivity contribution in [3.8, 4) is 5.75 Å². The molecule has 0 aliphatic rings. The van der Waals surface area contributed by atoms with Crippen LogP contribution in [0.15, 0.2) is 46.1 Å². The summed E-state index contributed by atoms with van der Waals surface area (Å²) in [5, 5.41) is 7.28. The number of ether oxygens (including phenoxy) is 1. The van der Waals surface area contributed by atoms with E-state index < -0.39 is 5.91 Å². The number of benzene rings is 1. The van der Waals surface area contributed by atoms with Gasteiger partial charge in [-0.05, 0) is 44.2 Å². The van der Waals surface area contributed by atoms with Crippen molar-refractivity contribution in [2.24, 2.45) is 5.73 Å². The molecule has 2 heterocycles. The summed E-state index contributed by atoms with van der Waals surface area (Å²) in [6, 6.07) is 7.96. The van der Waals surface area contributed by atoms with Crippen LogP contribution >= 0.6 is 11.8 Å². The lowest BCUT2D eigenvalue weighted by atomic mass is 10.1. The molecule has 3 rings (SSSR count). The summed E-state index contributed by atoms with van der Waals surface area (Å²) in [6.07, 6.45) is 1.63. The first-order valence-electron chi connectivity index (χ1n) is 8.69. The van der Waals surface area contributed by atoms with Crippen LogP contribution in [0.3, 0.4) is 0 Å². The molecule has 0 saturated heterocycles. The molecular formula is C20H20N4O4S. The van der Waals surface area contributed by atoms with Gasteiger partial charge in [0.05, 0.1) is 24.1 Å². The van der Waals surface area contributed by atoms with Crippen molar-refractivity contribution in [3.63, 3.8) is 0 Å². The summed E-state index contributed by atoms with van der Waals surface area (Å²) >= 11 is 1.41. The quantitative estimate of drug-likeness (QED) is 0.571. The minimum Gasteiger partial charge on any atom is -0.495 e. The Bertz CT molecular complexity index is 1040. The maximum Gasteiger partial charge on any atom is 0.258 e. The molecule has 0 saturated carbocycles.